The number of hydrogen-bond acceptors (Lipinski definition) is 4. The van der Waals surface area contributed by atoms with Crippen LogP contribution in [0.5, 0.6) is 0 Å². The van der Waals surface area contributed by atoms with E-state index >= 15 is 0 Å². The minimum atomic E-state index is 0.201. The molecule has 2 aromatic heterocycles. The van der Waals surface area contributed by atoms with Crippen molar-refractivity contribution >= 4 is 28.6 Å². The van der Waals surface area contributed by atoms with Crippen LogP contribution in [0.4, 0.5) is 0 Å². The number of likely N-dealkylation sites (tertiary alicyclic amines) is 1. The lowest BCUT2D eigenvalue weighted by atomic mass is 10.1. The molecule has 0 bridgehead atoms. The Balaban J connectivity index is 1.62. The average molecular weight is 384 g/mol. The van der Waals surface area contributed by atoms with E-state index in [0.717, 1.165) is 55.6 Å². The number of aryl methyl sites for hydroxylation is 1. The number of fused-ring (bicyclic) bond motifs is 1. The summed E-state index contributed by atoms with van der Waals surface area (Å²) in [5.41, 5.74) is 2.30. The van der Waals surface area contributed by atoms with Gasteiger partial charge in [0.25, 0.3) is 0 Å². The van der Waals surface area contributed by atoms with Crippen LogP contribution in [-0.4, -0.2) is 49.0 Å². The summed E-state index contributed by atoms with van der Waals surface area (Å²) < 4.78 is 4.35. The molecule has 0 unspecified atom stereocenters. The summed E-state index contributed by atoms with van der Waals surface area (Å²) in [4.78, 5) is 14.3. The summed E-state index contributed by atoms with van der Waals surface area (Å²) in [6, 6.07) is 8.39. The van der Waals surface area contributed by atoms with Crippen LogP contribution >= 0.6 is 11.8 Å². The summed E-state index contributed by atoms with van der Waals surface area (Å²) >= 11 is 1.49. The fourth-order valence-corrected chi connectivity index (χ4v) is 4.66. The largest absolute Gasteiger partial charge is 0.347 e. The van der Waals surface area contributed by atoms with Crippen LogP contribution in [-0.2, 0) is 17.9 Å². The van der Waals surface area contributed by atoms with E-state index in [1.54, 1.807) is 0 Å². The first-order valence-corrected chi connectivity index (χ1v) is 10.6. The molecule has 0 N–H and O–H groups in total. The topological polar surface area (TPSA) is 56.0 Å². The molecule has 0 atom stereocenters. The van der Waals surface area contributed by atoms with Crippen LogP contribution in [0.2, 0.25) is 0 Å². The molecule has 27 heavy (non-hydrogen) atoms. The Hall–Kier alpha value is -2.28. The van der Waals surface area contributed by atoms with Crippen molar-refractivity contribution in [2.45, 2.75) is 44.9 Å². The zero-order valence-electron chi connectivity index (χ0n) is 15.9. The number of thioether (sulfide) groups is 1. The van der Waals surface area contributed by atoms with Gasteiger partial charge in [0, 0.05) is 48.8 Å². The van der Waals surface area contributed by atoms with Crippen molar-refractivity contribution in [1.82, 2.24) is 24.2 Å². The van der Waals surface area contributed by atoms with Gasteiger partial charge >= 0.3 is 0 Å². The fourth-order valence-electron chi connectivity index (χ4n) is 3.75. The van der Waals surface area contributed by atoms with Gasteiger partial charge in [0.1, 0.15) is 0 Å². The van der Waals surface area contributed by atoms with E-state index in [4.69, 9.17) is 0 Å². The van der Waals surface area contributed by atoms with Crippen molar-refractivity contribution < 1.29 is 4.79 Å². The third-order valence-corrected chi connectivity index (χ3v) is 6.14. The Labute approximate surface area is 163 Å². The molecule has 1 amide bonds. The SMILES string of the molecule is CCn1c(SCC(=O)N2CCCC2)nnc1-c1cn(CC)c2ccccc12. The van der Waals surface area contributed by atoms with E-state index in [9.17, 15) is 4.79 Å². The van der Waals surface area contributed by atoms with Crippen LogP contribution in [0.3, 0.4) is 0 Å². The molecule has 6 nitrogen and oxygen atoms in total. The number of amides is 1. The second-order valence-corrected chi connectivity index (χ2v) is 7.72. The smallest absolute Gasteiger partial charge is 0.233 e. The van der Waals surface area contributed by atoms with E-state index in [2.05, 4.69) is 63.6 Å². The summed E-state index contributed by atoms with van der Waals surface area (Å²) in [6.07, 6.45) is 4.39. The highest BCUT2D eigenvalue weighted by atomic mass is 32.2. The molecule has 1 aliphatic heterocycles. The first-order valence-electron chi connectivity index (χ1n) is 9.65. The third-order valence-electron chi connectivity index (χ3n) is 5.19. The maximum absolute atomic E-state index is 12.4. The summed E-state index contributed by atoms with van der Waals surface area (Å²) in [5.74, 6) is 1.50. The Morgan fingerprint density at radius 1 is 1.11 bits per heavy atom. The maximum atomic E-state index is 12.4. The molecule has 3 heterocycles. The number of hydrogen-bond donors (Lipinski definition) is 0. The number of nitrogens with zero attached hydrogens (tertiary/aromatic N) is 5. The zero-order chi connectivity index (χ0) is 18.8. The second-order valence-electron chi connectivity index (χ2n) is 6.77. The Kier molecular flexibility index (Phi) is 5.20. The number of rotatable bonds is 6. The van der Waals surface area contributed by atoms with Crippen molar-refractivity contribution in [3.63, 3.8) is 0 Å². The minimum absolute atomic E-state index is 0.201. The average Bonchev–Trinajstić information content (AvgIpc) is 3.43. The molecule has 3 aromatic rings. The Morgan fingerprint density at radius 2 is 1.89 bits per heavy atom. The number of aromatic nitrogens is 4. The summed E-state index contributed by atoms with van der Waals surface area (Å²) in [6.45, 7) is 7.70. The van der Waals surface area contributed by atoms with Crippen molar-refractivity contribution in [3.05, 3.63) is 30.5 Å². The molecule has 0 radical (unpaired) electrons. The summed E-state index contributed by atoms with van der Waals surface area (Å²) in [7, 11) is 0. The molecule has 7 heteroatoms. The lowest BCUT2D eigenvalue weighted by molar-refractivity contribution is -0.127. The second kappa shape index (κ2) is 7.76. The zero-order valence-corrected chi connectivity index (χ0v) is 16.7. The van der Waals surface area contributed by atoms with Gasteiger partial charge in [0.15, 0.2) is 11.0 Å². The van der Waals surface area contributed by atoms with E-state index in [-0.39, 0.29) is 5.91 Å². The molecule has 0 saturated carbocycles. The monoisotopic (exact) mass is 383 g/mol. The van der Waals surface area contributed by atoms with Crippen LogP contribution in [0.1, 0.15) is 26.7 Å². The molecule has 1 aromatic carbocycles. The van der Waals surface area contributed by atoms with Crippen molar-refractivity contribution in [3.8, 4) is 11.4 Å². The predicted molar refractivity (Wildman–Crippen MR) is 109 cm³/mol. The molecule has 0 aliphatic carbocycles. The molecule has 4 rings (SSSR count). The first-order chi connectivity index (χ1) is 13.2. The minimum Gasteiger partial charge on any atom is -0.347 e. The molecule has 1 fully saturated rings. The highest BCUT2D eigenvalue weighted by Crippen LogP contribution is 2.31. The number of carbonyl (C=O) groups excluding carboxylic acids is 1. The van der Waals surface area contributed by atoms with E-state index in [0.29, 0.717) is 5.75 Å². The Morgan fingerprint density at radius 3 is 2.63 bits per heavy atom. The van der Waals surface area contributed by atoms with Crippen molar-refractivity contribution in [1.29, 1.82) is 0 Å². The Bertz CT molecular complexity index is 955. The lowest BCUT2D eigenvalue weighted by Crippen LogP contribution is -2.29. The molecular weight excluding hydrogens is 358 g/mol. The van der Waals surface area contributed by atoms with Gasteiger partial charge in [-0.1, -0.05) is 30.0 Å². The standard InChI is InChI=1S/C20H25N5OS/c1-3-23-13-16(15-9-5-6-10-17(15)23)19-21-22-20(25(19)4-2)27-14-18(26)24-11-7-8-12-24/h5-6,9-10,13H,3-4,7-8,11-12,14H2,1-2H3. The first kappa shape index (κ1) is 18.1. The normalized spacial score (nSPS) is 14.4. The van der Waals surface area contributed by atoms with E-state index < -0.39 is 0 Å². The van der Waals surface area contributed by atoms with Gasteiger partial charge in [-0.3, -0.25) is 4.79 Å². The van der Waals surface area contributed by atoms with Crippen molar-refractivity contribution in [2.75, 3.05) is 18.8 Å². The third kappa shape index (κ3) is 3.36. The lowest BCUT2D eigenvalue weighted by Gasteiger charge is -2.14. The van der Waals surface area contributed by atoms with Gasteiger partial charge in [-0.25, -0.2) is 0 Å². The quantitative estimate of drug-likeness (QED) is 0.610. The fraction of sp³-hybridized carbons (Fsp3) is 0.450. The van der Waals surface area contributed by atoms with Crippen LogP contribution < -0.4 is 0 Å². The maximum Gasteiger partial charge on any atom is 0.233 e. The van der Waals surface area contributed by atoms with Gasteiger partial charge in [-0.2, -0.15) is 0 Å². The highest BCUT2D eigenvalue weighted by molar-refractivity contribution is 7.99. The number of para-hydroxylation sites is 1. The van der Waals surface area contributed by atoms with Gasteiger partial charge < -0.3 is 14.0 Å². The molecule has 0 spiro atoms. The van der Waals surface area contributed by atoms with Crippen molar-refractivity contribution in [2.24, 2.45) is 0 Å². The van der Waals surface area contributed by atoms with Crippen LogP contribution in [0.25, 0.3) is 22.3 Å². The number of benzene rings is 1. The molecule has 142 valence electrons. The molecule has 1 aliphatic rings. The molecule has 1 saturated heterocycles. The van der Waals surface area contributed by atoms with E-state index in [1.165, 1.54) is 22.7 Å². The van der Waals surface area contributed by atoms with Crippen LogP contribution in [0.15, 0.2) is 35.6 Å². The summed E-state index contributed by atoms with van der Waals surface area (Å²) in [5, 5.41) is 10.9. The number of carbonyl (C=O) groups is 1. The van der Waals surface area contributed by atoms with Crippen LogP contribution in [0, 0.1) is 0 Å². The van der Waals surface area contributed by atoms with Gasteiger partial charge in [-0.15, -0.1) is 10.2 Å². The highest BCUT2D eigenvalue weighted by Gasteiger charge is 2.21. The van der Waals surface area contributed by atoms with Gasteiger partial charge in [0.05, 0.1) is 5.75 Å². The molecular formula is C20H25N5OS. The predicted octanol–water partition coefficient (Wildman–Crippen LogP) is 3.65. The van der Waals surface area contributed by atoms with Gasteiger partial charge in [0.2, 0.25) is 5.91 Å². The van der Waals surface area contributed by atoms with E-state index in [1.807, 2.05) is 4.90 Å². The van der Waals surface area contributed by atoms with Gasteiger partial charge in [-0.05, 0) is 32.8 Å².